The molecule has 10 heteroatoms. The average molecular weight is 548 g/mol. The highest BCUT2D eigenvalue weighted by atomic mass is 79.9. The van der Waals surface area contributed by atoms with Crippen LogP contribution < -0.4 is 14.9 Å². The van der Waals surface area contributed by atoms with Crippen LogP contribution in [0.25, 0.3) is 0 Å². The van der Waals surface area contributed by atoms with Crippen LogP contribution in [-0.2, 0) is 12.8 Å². The number of alkyl halides is 3. The van der Waals surface area contributed by atoms with Gasteiger partial charge in [0, 0.05) is 0 Å². The molecule has 1 N–H and O–H groups in total. The Morgan fingerprint density at radius 3 is 2.38 bits per heavy atom. The first-order valence-corrected chi connectivity index (χ1v) is 10.6. The van der Waals surface area contributed by atoms with Crippen molar-refractivity contribution >= 4 is 51.0 Å². The summed E-state index contributed by atoms with van der Waals surface area (Å²) in [5.74, 6) is 0.960. The summed E-state index contributed by atoms with van der Waals surface area (Å²) in [6, 6.07) is 13.3. The minimum absolute atomic E-state index is 0.245. The van der Waals surface area contributed by atoms with Gasteiger partial charge in [-0.3, -0.25) is 5.43 Å². The summed E-state index contributed by atoms with van der Waals surface area (Å²) in [5, 5.41) is 4.96. The summed E-state index contributed by atoms with van der Waals surface area (Å²) in [4.78, 5) is 0. The Morgan fingerprint density at radius 1 is 1.03 bits per heavy atom. The van der Waals surface area contributed by atoms with E-state index >= 15 is 0 Å². The normalized spacial score (nSPS) is 11.6. The van der Waals surface area contributed by atoms with Gasteiger partial charge in [-0.05, 0) is 75.6 Å². The highest BCUT2D eigenvalue weighted by Gasteiger charge is 2.29. The Balaban J connectivity index is 1.69. The molecule has 0 fully saturated rings. The first-order valence-electron chi connectivity index (χ1n) is 9.08. The molecule has 3 rings (SSSR count). The maximum Gasteiger partial charge on any atom is 0.416 e. The lowest BCUT2D eigenvalue weighted by molar-refractivity contribution is -0.137. The number of nitrogens with one attached hydrogen (secondary N) is 1. The highest BCUT2D eigenvalue weighted by Crippen LogP contribution is 2.37. The third-order valence-corrected chi connectivity index (χ3v) is 5.57. The SMILES string of the molecule is COc1cc(/C=N/Nc2ccc(C(F)(F)F)cc2)cc(Br)c1OCc1ccc(Cl)c(Cl)c1. The number of hydrogen-bond donors (Lipinski definition) is 1. The molecule has 0 bridgehead atoms. The predicted molar refractivity (Wildman–Crippen MR) is 124 cm³/mol. The van der Waals surface area contributed by atoms with Crippen LogP contribution in [0, 0.1) is 0 Å². The third kappa shape index (κ3) is 6.31. The zero-order valence-corrected chi connectivity index (χ0v) is 19.6. The molecule has 0 unspecified atom stereocenters. The van der Waals surface area contributed by atoms with Crippen LogP contribution in [0.2, 0.25) is 10.0 Å². The summed E-state index contributed by atoms with van der Waals surface area (Å²) >= 11 is 15.4. The Labute approximate surface area is 201 Å². The molecule has 3 aromatic rings. The molecule has 0 spiro atoms. The summed E-state index contributed by atoms with van der Waals surface area (Å²) in [7, 11) is 1.51. The standard InChI is InChI=1S/C22H16BrCl2F3N2O2/c1-31-20-10-14(11-29-30-16-5-3-15(4-6-16)22(26,27)28)8-17(23)21(20)32-12-13-2-7-18(24)19(25)9-13/h2-11,30H,12H2,1H3/b29-11+. The van der Waals surface area contributed by atoms with Gasteiger partial charge in [0.05, 0.1) is 39.1 Å². The minimum Gasteiger partial charge on any atom is -0.493 e. The average Bonchev–Trinajstić information content (AvgIpc) is 2.74. The molecule has 32 heavy (non-hydrogen) atoms. The molecule has 0 heterocycles. The molecule has 0 aliphatic rings. The van der Waals surface area contributed by atoms with Gasteiger partial charge in [0.2, 0.25) is 0 Å². The van der Waals surface area contributed by atoms with E-state index < -0.39 is 11.7 Å². The predicted octanol–water partition coefficient (Wildman–Crippen LogP) is 7.81. The number of hydrogen-bond acceptors (Lipinski definition) is 4. The lowest BCUT2D eigenvalue weighted by Crippen LogP contribution is -2.04. The Bertz CT molecular complexity index is 1120. The molecular weight excluding hydrogens is 532 g/mol. The van der Waals surface area contributed by atoms with E-state index in [1.54, 1.807) is 24.3 Å². The van der Waals surface area contributed by atoms with Gasteiger partial charge in [-0.2, -0.15) is 18.3 Å². The number of ether oxygens (including phenoxy) is 2. The van der Waals surface area contributed by atoms with Crippen molar-refractivity contribution in [1.82, 2.24) is 0 Å². The summed E-state index contributed by atoms with van der Waals surface area (Å²) in [6.07, 6.45) is -2.87. The van der Waals surface area contributed by atoms with Gasteiger partial charge in [0.25, 0.3) is 0 Å². The number of rotatable bonds is 7. The maximum absolute atomic E-state index is 12.6. The van der Waals surface area contributed by atoms with E-state index in [1.165, 1.54) is 25.5 Å². The highest BCUT2D eigenvalue weighted by molar-refractivity contribution is 9.10. The van der Waals surface area contributed by atoms with Crippen LogP contribution in [0.1, 0.15) is 16.7 Å². The summed E-state index contributed by atoms with van der Waals surface area (Å²) < 4.78 is 49.8. The molecule has 4 nitrogen and oxygen atoms in total. The van der Waals surface area contributed by atoms with E-state index in [-0.39, 0.29) is 6.61 Å². The molecule has 0 saturated heterocycles. The first kappa shape index (κ1) is 24.2. The molecule has 0 radical (unpaired) electrons. The van der Waals surface area contributed by atoms with Crippen molar-refractivity contribution in [2.75, 3.05) is 12.5 Å². The molecule has 0 atom stereocenters. The number of benzene rings is 3. The van der Waals surface area contributed by atoms with Crippen LogP contribution in [-0.4, -0.2) is 13.3 Å². The van der Waals surface area contributed by atoms with Gasteiger partial charge in [0.1, 0.15) is 6.61 Å². The van der Waals surface area contributed by atoms with E-state index in [0.29, 0.717) is 37.3 Å². The van der Waals surface area contributed by atoms with E-state index in [0.717, 1.165) is 17.7 Å². The molecule has 0 aliphatic heterocycles. The summed E-state index contributed by atoms with van der Waals surface area (Å²) in [5.41, 5.74) is 3.89. The van der Waals surface area contributed by atoms with Crippen LogP contribution in [0.3, 0.4) is 0 Å². The first-order chi connectivity index (χ1) is 15.2. The fourth-order valence-electron chi connectivity index (χ4n) is 2.65. The van der Waals surface area contributed by atoms with Gasteiger partial charge in [-0.25, -0.2) is 0 Å². The Hall–Kier alpha value is -2.42. The number of hydrazone groups is 1. The molecular formula is C22H16BrCl2F3N2O2. The second-order valence-electron chi connectivity index (χ2n) is 6.52. The monoisotopic (exact) mass is 546 g/mol. The van der Waals surface area contributed by atoms with Crippen LogP contribution in [0.15, 0.2) is 64.2 Å². The van der Waals surface area contributed by atoms with E-state index in [9.17, 15) is 13.2 Å². The lowest BCUT2D eigenvalue weighted by Gasteiger charge is -2.14. The quantitative estimate of drug-likeness (QED) is 0.242. The van der Waals surface area contributed by atoms with Gasteiger partial charge < -0.3 is 9.47 Å². The van der Waals surface area contributed by atoms with Crippen molar-refractivity contribution in [3.63, 3.8) is 0 Å². The van der Waals surface area contributed by atoms with E-state index in [2.05, 4.69) is 26.5 Å². The maximum atomic E-state index is 12.6. The molecule has 0 aromatic heterocycles. The Kier molecular flexibility index (Phi) is 7.92. The molecule has 0 aliphatic carbocycles. The van der Waals surface area contributed by atoms with E-state index in [1.807, 2.05) is 6.07 Å². The second-order valence-corrected chi connectivity index (χ2v) is 8.19. The molecule has 3 aromatic carbocycles. The molecule has 0 amide bonds. The van der Waals surface area contributed by atoms with Crippen LogP contribution in [0.4, 0.5) is 18.9 Å². The van der Waals surface area contributed by atoms with Gasteiger partial charge in [-0.15, -0.1) is 0 Å². The minimum atomic E-state index is -4.38. The second kappa shape index (κ2) is 10.5. The van der Waals surface area contributed by atoms with Gasteiger partial charge >= 0.3 is 6.18 Å². The van der Waals surface area contributed by atoms with Gasteiger partial charge in [0.15, 0.2) is 11.5 Å². The topological polar surface area (TPSA) is 42.8 Å². The van der Waals surface area contributed by atoms with Gasteiger partial charge in [-0.1, -0.05) is 29.3 Å². The fourth-order valence-corrected chi connectivity index (χ4v) is 3.55. The van der Waals surface area contributed by atoms with E-state index in [4.69, 9.17) is 32.7 Å². The van der Waals surface area contributed by atoms with Crippen molar-refractivity contribution in [3.05, 3.63) is 85.8 Å². The zero-order valence-electron chi connectivity index (χ0n) is 16.5. The van der Waals surface area contributed by atoms with Crippen LogP contribution >= 0.6 is 39.1 Å². The smallest absolute Gasteiger partial charge is 0.416 e. The van der Waals surface area contributed by atoms with Crippen molar-refractivity contribution in [2.24, 2.45) is 5.10 Å². The van der Waals surface area contributed by atoms with Crippen molar-refractivity contribution < 1.29 is 22.6 Å². The molecule has 0 saturated carbocycles. The third-order valence-electron chi connectivity index (χ3n) is 4.24. The number of methoxy groups -OCH3 is 1. The largest absolute Gasteiger partial charge is 0.493 e. The van der Waals surface area contributed by atoms with Crippen molar-refractivity contribution in [3.8, 4) is 11.5 Å². The Morgan fingerprint density at radius 2 is 1.75 bits per heavy atom. The number of nitrogens with zero attached hydrogens (tertiary/aromatic N) is 1. The lowest BCUT2D eigenvalue weighted by atomic mass is 10.2. The van der Waals surface area contributed by atoms with Crippen LogP contribution in [0.5, 0.6) is 11.5 Å². The fraction of sp³-hybridized carbons (Fsp3) is 0.136. The van der Waals surface area contributed by atoms with Crippen molar-refractivity contribution in [1.29, 1.82) is 0 Å². The number of anilines is 1. The molecule has 168 valence electrons. The zero-order chi connectivity index (χ0) is 23.3. The summed E-state index contributed by atoms with van der Waals surface area (Å²) in [6.45, 7) is 0.245. The number of halogens is 6. The van der Waals surface area contributed by atoms with Crippen molar-refractivity contribution in [2.45, 2.75) is 12.8 Å².